The molecule has 1 aliphatic heterocycles. The second-order valence-corrected chi connectivity index (χ2v) is 8.58. The Kier molecular flexibility index (Phi) is 7.23. The van der Waals surface area contributed by atoms with Gasteiger partial charge < -0.3 is 20.2 Å². The number of anilines is 1. The number of carbonyl (C=O) groups is 3. The van der Waals surface area contributed by atoms with Crippen LogP contribution in [0.3, 0.4) is 0 Å². The van der Waals surface area contributed by atoms with E-state index < -0.39 is 12.6 Å². The standard InChI is InChI=1S/C27H29N3O4/c1-19(32)21-8-10-24(11-9-21)29-12-14-30(15-13-29)27(34)25(18-31)28-26(33)17-20-6-7-22-4-2-3-5-23(22)16-20/h2-11,16,25,31H,12-15,17-18H2,1H3,(H,28,33)/t25-/m0/s1. The normalized spacial score (nSPS) is 14.6. The number of fused-ring (bicyclic) bond motifs is 1. The number of benzene rings is 3. The molecule has 0 unspecified atom stereocenters. The van der Waals surface area contributed by atoms with Crippen molar-refractivity contribution in [2.45, 2.75) is 19.4 Å². The van der Waals surface area contributed by atoms with Gasteiger partial charge in [0.25, 0.3) is 0 Å². The number of Topliss-reactive ketones (excluding diaryl/α,β-unsaturated/α-hetero) is 1. The third-order valence-corrected chi connectivity index (χ3v) is 6.22. The van der Waals surface area contributed by atoms with Gasteiger partial charge in [-0.05, 0) is 47.5 Å². The summed E-state index contributed by atoms with van der Waals surface area (Å²) in [5.74, 6) is -0.549. The van der Waals surface area contributed by atoms with E-state index in [9.17, 15) is 19.5 Å². The van der Waals surface area contributed by atoms with Crippen LogP contribution in [0.25, 0.3) is 10.8 Å². The highest BCUT2D eigenvalue weighted by atomic mass is 16.3. The van der Waals surface area contributed by atoms with Crippen molar-refractivity contribution in [3.8, 4) is 0 Å². The highest BCUT2D eigenvalue weighted by Gasteiger charge is 2.28. The van der Waals surface area contributed by atoms with Crippen molar-refractivity contribution in [1.82, 2.24) is 10.2 Å². The molecule has 0 aromatic heterocycles. The monoisotopic (exact) mass is 459 g/mol. The number of aliphatic hydroxyl groups is 1. The molecule has 0 radical (unpaired) electrons. The van der Waals surface area contributed by atoms with E-state index in [-0.39, 0.29) is 24.0 Å². The summed E-state index contributed by atoms with van der Waals surface area (Å²) < 4.78 is 0. The third-order valence-electron chi connectivity index (χ3n) is 6.22. The molecule has 4 rings (SSSR count). The minimum atomic E-state index is -0.964. The zero-order valence-corrected chi connectivity index (χ0v) is 19.2. The number of nitrogens with one attached hydrogen (secondary N) is 1. The van der Waals surface area contributed by atoms with Crippen molar-refractivity contribution < 1.29 is 19.5 Å². The van der Waals surface area contributed by atoms with Gasteiger partial charge in [-0.2, -0.15) is 0 Å². The molecule has 1 atom stereocenters. The van der Waals surface area contributed by atoms with Crippen LogP contribution in [-0.2, 0) is 16.0 Å². The van der Waals surface area contributed by atoms with Crippen molar-refractivity contribution in [2.24, 2.45) is 0 Å². The lowest BCUT2D eigenvalue weighted by molar-refractivity contribution is -0.137. The van der Waals surface area contributed by atoms with Crippen LogP contribution in [0.2, 0.25) is 0 Å². The van der Waals surface area contributed by atoms with Gasteiger partial charge in [0, 0.05) is 37.4 Å². The summed E-state index contributed by atoms with van der Waals surface area (Å²) in [6, 6.07) is 20.2. The SMILES string of the molecule is CC(=O)c1ccc(N2CCN(C(=O)[C@H](CO)NC(=O)Cc3ccc4ccccc4c3)CC2)cc1. The molecule has 0 saturated carbocycles. The molecule has 7 heteroatoms. The Balaban J connectivity index is 1.31. The molecule has 0 spiro atoms. The van der Waals surface area contributed by atoms with E-state index in [0.29, 0.717) is 31.7 Å². The maximum atomic E-state index is 13.0. The van der Waals surface area contributed by atoms with Crippen molar-refractivity contribution in [3.05, 3.63) is 77.9 Å². The smallest absolute Gasteiger partial charge is 0.247 e. The molecule has 1 heterocycles. The molecule has 1 saturated heterocycles. The zero-order chi connectivity index (χ0) is 24.1. The first kappa shape index (κ1) is 23.4. The Morgan fingerprint density at radius 3 is 2.24 bits per heavy atom. The Labute approximate surface area is 199 Å². The predicted octanol–water partition coefficient (Wildman–Crippen LogP) is 2.41. The molecule has 2 amide bonds. The summed E-state index contributed by atoms with van der Waals surface area (Å²) in [6.07, 6.45) is 0.138. The summed E-state index contributed by atoms with van der Waals surface area (Å²) >= 11 is 0. The second-order valence-electron chi connectivity index (χ2n) is 8.58. The van der Waals surface area contributed by atoms with Crippen molar-refractivity contribution >= 4 is 34.1 Å². The molecule has 3 aromatic rings. The minimum Gasteiger partial charge on any atom is -0.394 e. The Bertz CT molecular complexity index is 1180. The Morgan fingerprint density at radius 2 is 1.59 bits per heavy atom. The first-order valence-electron chi connectivity index (χ1n) is 11.5. The van der Waals surface area contributed by atoms with Crippen LogP contribution in [0.4, 0.5) is 5.69 Å². The average Bonchev–Trinajstić information content (AvgIpc) is 2.87. The number of nitrogens with zero attached hydrogens (tertiary/aromatic N) is 2. The lowest BCUT2D eigenvalue weighted by Crippen LogP contribution is -2.56. The highest BCUT2D eigenvalue weighted by molar-refractivity contribution is 5.94. The fourth-order valence-corrected chi connectivity index (χ4v) is 4.28. The van der Waals surface area contributed by atoms with Crippen LogP contribution in [-0.4, -0.2) is 66.4 Å². The molecular weight excluding hydrogens is 430 g/mol. The molecule has 1 aliphatic rings. The van der Waals surface area contributed by atoms with Crippen LogP contribution >= 0.6 is 0 Å². The molecule has 176 valence electrons. The molecule has 1 fully saturated rings. The topological polar surface area (TPSA) is 90.0 Å². The lowest BCUT2D eigenvalue weighted by atomic mass is 10.0. The van der Waals surface area contributed by atoms with Gasteiger partial charge in [0.05, 0.1) is 13.0 Å². The van der Waals surface area contributed by atoms with Crippen LogP contribution in [0.1, 0.15) is 22.8 Å². The van der Waals surface area contributed by atoms with Crippen molar-refractivity contribution in [1.29, 1.82) is 0 Å². The fraction of sp³-hybridized carbons (Fsp3) is 0.296. The van der Waals surface area contributed by atoms with Crippen LogP contribution in [0.15, 0.2) is 66.7 Å². The van der Waals surface area contributed by atoms with Gasteiger partial charge in [-0.3, -0.25) is 14.4 Å². The highest BCUT2D eigenvalue weighted by Crippen LogP contribution is 2.19. The van der Waals surface area contributed by atoms with E-state index in [1.165, 1.54) is 6.92 Å². The number of amides is 2. The van der Waals surface area contributed by atoms with E-state index >= 15 is 0 Å². The predicted molar refractivity (Wildman–Crippen MR) is 132 cm³/mol. The van der Waals surface area contributed by atoms with Gasteiger partial charge in [0.2, 0.25) is 11.8 Å². The number of hydrogen-bond donors (Lipinski definition) is 2. The second kappa shape index (κ2) is 10.5. The van der Waals surface area contributed by atoms with Gasteiger partial charge in [-0.1, -0.05) is 42.5 Å². The zero-order valence-electron chi connectivity index (χ0n) is 19.2. The maximum absolute atomic E-state index is 13.0. The Hall–Kier alpha value is -3.71. The molecule has 3 aromatic carbocycles. The van der Waals surface area contributed by atoms with Crippen LogP contribution in [0.5, 0.6) is 0 Å². The van der Waals surface area contributed by atoms with Crippen LogP contribution < -0.4 is 10.2 Å². The fourth-order valence-electron chi connectivity index (χ4n) is 4.28. The largest absolute Gasteiger partial charge is 0.394 e. The first-order valence-corrected chi connectivity index (χ1v) is 11.5. The summed E-state index contributed by atoms with van der Waals surface area (Å²) in [5.41, 5.74) is 2.52. The van der Waals surface area contributed by atoms with Gasteiger partial charge in [0.1, 0.15) is 6.04 Å². The summed E-state index contributed by atoms with van der Waals surface area (Å²) in [4.78, 5) is 40.8. The number of aliphatic hydroxyl groups excluding tert-OH is 1. The molecular formula is C27H29N3O4. The number of hydrogen-bond acceptors (Lipinski definition) is 5. The Morgan fingerprint density at radius 1 is 0.912 bits per heavy atom. The van der Waals surface area contributed by atoms with Crippen molar-refractivity contribution in [2.75, 3.05) is 37.7 Å². The number of ketones is 1. The van der Waals surface area contributed by atoms with Gasteiger partial charge in [-0.15, -0.1) is 0 Å². The summed E-state index contributed by atoms with van der Waals surface area (Å²) in [5, 5.41) is 14.6. The van der Waals surface area contributed by atoms with E-state index in [1.807, 2.05) is 66.7 Å². The molecule has 0 bridgehead atoms. The van der Waals surface area contributed by atoms with Gasteiger partial charge in [0.15, 0.2) is 5.78 Å². The van der Waals surface area contributed by atoms with Crippen molar-refractivity contribution in [3.63, 3.8) is 0 Å². The van der Waals surface area contributed by atoms with Gasteiger partial charge >= 0.3 is 0 Å². The average molecular weight is 460 g/mol. The number of rotatable bonds is 7. The van der Waals surface area contributed by atoms with Crippen LogP contribution in [0, 0.1) is 0 Å². The summed E-state index contributed by atoms with van der Waals surface area (Å²) in [6.45, 7) is 3.34. The van der Waals surface area contributed by atoms with E-state index in [2.05, 4.69) is 10.2 Å². The van der Waals surface area contributed by atoms with E-state index in [0.717, 1.165) is 22.0 Å². The third kappa shape index (κ3) is 5.43. The number of carbonyl (C=O) groups excluding carboxylic acids is 3. The molecule has 2 N–H and O–H groups in total. The van der Waals surface area contributed by atoms with Gasteiger partial charge in [-0.25, -0.2) is 0 Å². The maximum Gasteiger partial charge on any atom is 0.247 e. The van der Waals surface area contributed by atoms with E-state index in [4.69, 9.17) is 0 Å². The minimum absolute atomic E-state index is 0.0275. The summed E-state index contributed by atoms with van der Waals surface area (Å²) in [7, 11) is 0. The van der Waals surface area contributed by atoms with E-state index in [1.54, 1.807) is 4.90 Å². The molecule has 34 heavy (non-hydrogen) atoms. The lowest BCUT2D eigenvalue weighted by Gasteiger charge is -2.37. The quantitative estimate of drug-likeness (QED) is 0.530. The number of piperazine rings is 1. The first-order chi connectivity index (χ1) is 16.4. The molecule has 0 aliphatic carbocycles. The molecule has 7 nitrogen and oxygen atoms in total.